The molecule has 0 atom stereocenters. The van der Waals surface area contributed by atoms with Gasteiger partial charge < -0.3 is 19.6 Å². The van der Waals surface area contributed by atoms with Gasteiger partial charge in [0.05, 0.1) is 0 Å². The summed E-state index contributed by atoms with van der Waals surface area (Å²) >= 11 is 0. The largest absolute Gasteiger partial charge is 0.310 e. The summed E-state index contributed by atoms with van der Waals surface area (Å²) in [5.74, 6) is 0. The van der Waals surface area contributed by atoms with Gasteiger partial charge in [0.1, 0.15) is 0 Å². The first-order valence-corrected chi connectivity index (χ1v) is 22.1. The van der Waals surface area contributed by atoms with Crippen LogP contribution in [0.1, 0.15) is 33.4 Å². The molecule has 0 N–H and O–H groups in total. The van der Waals surface area contributed by atoms with Crippen molar-refractivity contribution in [3.63, 3.8) is 0 Å². The number of hydrogen-bond donors (Lipinski definition) is 0. The minimum atomic E-state index is 1.06. The summed E-state index contributed by atoms with van der Waals surface area (Å²) in [6.45, 7) is 12.9. The standard InChI is InChI=1S/C60H54N4/c1-43-13-7-19-55(37-43)62(56-20-8-14-44(2)38-56)52-31-25-49(26-32-52)61(50-27-33-53(34-28-50)63(57-21-9-15-45(3)39-57)58-22-10-16-46(4)40-58)51-29-35-54(36-30-51)64(59-23-11-17-47(5)41-59)60-24-12-18-48(6)42-60/h7-42H,1-6H3. The highest BCUT2D eigenvalue weighted by Gasteiger charge is 2.20. The second-order valence-electron chi connectivity index (χ2n) is 16.9. The molecular formula is C60H54N4. The van der Waals surface area contributed by atoms with Gasteiger partial charge in [-0.25, -0.2) is 0 Å². The number of hydrogen-bond acceptors (Lipinski definition) is 4. The van der Waals surface area contributed by atoms with Crippen LogP contribution in [-0.2, 0) is 0 Å². The van der Waals surface area contributed by atoms with Gasteiger partial charge in [-0.05, 0) is 221 Å². The van der Waals surface area contributed by atoms with Crippen LogP contribution in [0.5, 0.6) is 0 Å². The summed E-state index contributed by atoms with van der Waals surface area (Å²) in [7, 11) is 0. The Morgan fingerprint density at radius 1 is 0.172 bits per heavy atom. The van der Waals surface area contributed by atoms with Gasteiger partial charge in [0.2, 0.25) is 0 Å². The molecule has 314 valence electrons. The van der Waals surface area contributed by atoms with Crippen LogP contribution in [0, 0.1) is 41.5 Å². The van der Waals surface area contributed by atoms with Gasteiger partial charge >= 0.3 is 0 Å². The van der Waals surface area contributed by atoms with Crippen molar-refractivity contribution in [2.24, 2.45) is 0 Å². The first kappa shape index (κ1) is 41.5. The first-order valence-electron chi connectivity index (χ1n) is 22.1. The van der Waals surface area contributed by atoms with Crippen molar-refractivity contribution in [3.05, 3.63) is 252 Å². The summed E-state index contributed by atoms with van der Waals surface area (Å²) in [6, 6.07) is 79.2. The molecule has 0 aliphatic carbocycles. The van der Waals surface area contributed by atoms with Crippen LogP contribution in [0.25, 0.3) is 0 Å². The van der Waals surface area contributed by atoms with Crippen LogP contribution in [-0.4, -0.2) is 0 Å². The molecule has 4 nitrogen and oxygen atoms in total. The summed E-state index contributed by atoms with van der Waals surface area (Å²) in [4.78, 5) is 9.38. The fourth-order valence-electron chi connectivity index (χ4n) is 8.64. The van der Waals surface area contributed by atoms with E-state index in [1.165, 1.54) is 33.4 Å². The van der Waals surface area contributed by atoms with Crippen LogP contribution in [0.3, 0.4) is 0 Å². The molecule has 9 aromatic carbocycles. The van der Waals surface area contributed by atoms with E-state index in [4.69, 9.17) is 0 Å². The number of anilines is 12. The monoisotopic (exact) mass is 830 g/mol. The molecule has 0 aliphatic heterocycles. The van der Waals surface area contributed by atoms with Crippen molar-refractivity contribution in [1.82, 2.24) is 0 Å². The van der Waals surface area contributed by atoms with Gasteiger partial charge in [0, 0.05) is 68.2 Å². The van der Waals surface area contributed by atoms with Gasteiger partial charge in [0.15, 0.2) is 0 Å². The first-order chi connectivity index (χ1) is 31.2. The quantitative estimate of drug-likeness (QED) is 0.122. The second kappa shape index (κ2) is 18.3. The molecule has 4 heteroatoms. The predicted molar refractivity (Wildman–Crippen MR) is 274 cm³/mol. The molecular weight excluding hydrogens is 777 g/mol. The van der Waals surface area contributed by atoms with Crippen molar-refractivity contribution in [1.29, 1.82) is 0 Å². The maximum atomic E-state index is 2.36. The van der Waals surface area contributed by atoms with Crippen molar-refractivity contribution in [3.8, 4) is 0 Å². The van der Waals surface area contributed by atoms with Crippen molar-refractivity contribution < 1.29 is 0 Å². The van der Waals surface area contributed by atoms with Crippen LogP contribution in [0.4, 0.5) is 68.2 Å². The Morgan fingerprint density at radius 3 is 0.453 bits per heavy atom. The molecule has 0 aliphatic rings. The third-order valence-electron chi connectivity index (χ3n) is 11.7. The smallest absolute Gasteiger partial charge is 0.0464 e. The van der Waals surface area contributed by atoms with Crippen molar-refractivity contribution in [2.75, 3.05) is 19.6 Å². The van der Waals surface area contributed by atoms with Gasteiger partial charge in [-0.15, -0.1) is 0 Å². The van der Waals surface area contributed by atoms with E-state index < -0.39 is 0 Å². The van der Waals surface area contributed by atoms with Gasteiger partial charge in [-0.2, -0.15) is 0 Å². The van der Waals surface area contributed by atoms with Gasteiger partial charge in [0.25, 0.3) is 0 Å². The lowest BCUT2D eigenvalue weighted by atomic mass is 10.1. The molecule has 64 heavy (non-hydrogen) atoms. The lowest BCUT2D eigenvalue weighted by Gasteiger charge is -2.30. The van der Waals surface area contributed by atoms with Crippen molar-refractivity contribution >= 4 is 68.2 Å². The minimum Gasteiger partial charge on any atom is -0.310 e. The number of benzene rings is 9. The zero-order valence-electron chi connectivity index (χ0n) is 37.6. The maximum absolute atomic E-state index is 2.36. The average molecular weight is 831 g/mol. The number of rotatable bonds is 12. The SMILES string of the molecule is Cc1cccc(N(c2ccc(N(c3ccc(N(c4cccc(C)c4)c4cccc(C)c4)cc3)c3ccc(N(c4cccc(C)c4)c4cccc(C)c4)cc3)cc2)c2cccc(C)c2)c1. The highest BCUT2D eigenvalue weighted by molar-refractivity contribution is 5.85. The van der Waals surface area contributed by atoms with E-state index in [-0.39, 0.29) is 0 Å². The van der Waals surface area contributed by atoms with E-state index >= 15 is 0 Å². The van der Waals surface area contributed by atoms with Crippen LogP contribution >= 0.6 is 0 Å². The Hall–Kier alpha value is -7.82. The Balaban J connectivity index is 1.15. The van der Waals surface area contributed by atoms with Crippen LogP contribution in [0.15, 0.2) is 218 Å². The van der Waals surface area contributed by atoms with Gasteiger partial charge in [-0.3, -0.25) is 0 Å². The lowest BCUT2D eigenvalue weighted by molar-refractivity contribution is 1.23. The van der Waals surface area contributed by atoms with E-state index in [0.717, 1.165) is 68.2 Å². The topological polar surface area (TPSA) is 13.0 Å². The highest BCUT2D eigenvalue weighted by atomic mass is 15.2. The second-order valence-corrected chi connectivity index (χ2v) is 16.9. The van der Waals surface area contributed by atoms with Gasteiger partial charge in [-0.1, -0.05) is 72.8 Å². The zero-order valence-corrected chi connectivity index (χ0v) is 37.6. The number of nitrogens with zero attached hydrogens (tertiary/aromatic N) is 4. The van der Waals surface area contributed by atoms with E-state index in [9.17, 15) is 0 Å². The van der Waals surface area contributed by atoms with E-state index in [2.05, 4.69) is 280 Å². The van der Waals surface area contributed by atoms with Crippen LogP contribution < -0.4 is 19.6 Å². The Morgan fingerprint density at radius 2 is 0.312 bits per heavy atom. The molecule has 0 spiro atoms. The molecule has 0 saturated heterocycles. The Kier molecular flexibility index (Phi) is 11.8. The fourth-order valence-corrected chi connectivity index (χ4v) is 8.64. The van der Waals surface area contributed by atoms with Crippen molar-refractivity contribution in [2.45, 2.75) is 41.5 Å². The molecule has 0 fully saturated rings. The predicted octanol–water partition coefficient (Wildman–Crippen LogP) is 17.4. The summed E-state index contributed by atoms with van der Waals surface area (Å²) < 4.78 is 0. The fraction of sp³-hybridized carbons (Fsp3) is 0.100. The molecule has 0 bridgehead atoms. The molecule has 9 aromatic rings. The van der Waals surface area contributed by atoms with E-state index in [1.54, 1.807) is 0 Å². The molecule has 0 heterocycles. The summed E-state index contributed by atoms with van der Waals surface area (Å²) in [5, 5.41) is 0. The Labute approximate surface area is 379 Å². The normalized spacial score (nSPS) is 11.0. The Bertz CT molecular complexity index is 2560. The van der Waals surface area contributed by atoms with E-state index in [0.29, 0.717) is 0 Å². The lowest BCUT2D eigenvalue weighted by Crippen LogP contribution is -2.14. The zero-order chi connectivity index (χ0) is 44.2. The maximum Gasteiger partial charge on any atom is 0.0464 e. The third-order valence-corrected chi connectivity index (χ3v) is 11.7. The molecule has 9 rings (SSSR count). The van der Waals surface area contributed by atoms with Crippen LogP contribution in [0.2, 0.25) is 0 Å². The molecule has 0 amide bonds. The van der Waals surface area contributed by atoms with E-state index in [1.807, 2.05) is 0 Å². The number of aryl methyl sites for hydroxylation is 6. The third kappa shape index (κ3) is 9.04. The molecule has 0 saturated carbocycles. The molecule has 0 unspecified atom stereocenters. The highest BCUT2D eigenvalue weighted by Crippen LogP contribution is 2.43. The summed E-state index contributed by atoms with van der Waals surface area (Å²) in [5.41, 5.74) is 20.5. The molecule has 0 aromatic heterocycles. The molecule has 0 radical (unpaired) electrons. The summed E-state index contributed by atoms with van der Waals surface area (Å²) in [6.07, 6.45) is 0. The minimum absolute atomic E-state index is 1.06. The average Bonchev–Trinajstić information content (AvgIpc) is 3.29.